The largest absolute Gasteiger partial charge is 0.497 e. The van der Waals surface area contributed by atoms with Gasteiger partial charge in [0.25, 0.3) is 11.1 Å². The average molecular weight is 466 g/mol. The van der Waals surface area contributed by atoms with E-state index in [0.717, 1.165) is 5.56 Å². The maximum atomic E-state index is 13.0. The molecule has 0 saturated carbocycles. The van der Waals surface area contributed by atoms with E-state index < -0.39 is 15.4 Å². The molecule has 0 fully saturated rings. The SMILES string of the molecule is COc1ccc(S(=O)(=O)c2ccc3c(=O)n(Cc4cc(C(C)C)c[nH]c4=O)ncc3c2)cc1. The highest BCUT2D eigenvalue weighted by Crippen LogP contribution is 2.25. The third kappa shape index (κ3) is 4.31. The van der Waals surface area contributed by atoms with Crippen molar-refractivity contribution < 1.29 is 13.2 Å². The van der Waals surface area contributed by atoms with Gasteiger partial charge in [-0.15, -0.1) is 0 Å². The van der Waals surface area contributed by atoms with Gasteiger partial charge in [0.15, 0.2) is 0 Å². The summed E-state index contributed by atoms with van der Waals surface area (Å²) in [6.07, 6.45) is 3.10. The Bertz CT molecular complexity index is 1550. The molecule has 0 saturated heterocycles. The summed E-state index contributed by atoms with van der Waals surface area (Å²) >= 11 is 0. The van der Waals surface area contributed by atoms with E-state index in [4.69, 9.17) is 4.74 Å². The number of nitrogens with one attached hydrogen (secondary N) is 1. The summed E-state index contributed by atoms with van der Waals surface area (Å²) < 4.78 is 32.3. The van der Waals surface area contributed by atoms with Crippen LogP contribution in [0.5, 0.6) is 5.75 Å². The first-order chi connectivity index (χ1) is 15.7. The fourth-order valence-corrected chi connectivity index (χ4v) is 4.79. The van der Waals surface area contributed by atoms with E-state index in [0.29, 0.717) is 22.1 Å². The molecule has 0 aliphatic carbocycles. The maximum Gasteiger partial charge on any atom is 0.274 e. The Balaban J connectivity index is 1.72. The van der Waals surface area contributed by atoms with Crippen LogP contribution in [0.1, 0.15) is 30.9 Å². The van der Waals surface area contributed by atoms with Gasteiger partial charge in [-0.1, -0.05) is 13.8 Å². The summed E-state index contributed by atoms with van der Waals surface area (Å²) in [7, 11) is -2.28. The van der Waals surface area contributed by atoms with Gasteiger partial charge < -0.3 is 9.72 Å². The van der Waals surface area contributed by atoms with Crippen molar-refractivity contribution >= 4 is 20.6 Å². The topological polar surface area (TPSA) is 111 Å². The van der Waals surface area contributed by atoms with Crippen LogP contribution < -0.4 is 15.9 Å². The summed E-state index contributed by atoms with van der Waals surface area (Å²) in [6.45, 7) is 4.03. The number of benzene rings is 2. The molecule has 2 heterocycles. The molecule has 0 atom stereocenters. The number of ether oxygens (including phenoxy) is 1. The van der Waals surface area contributed by atoms with Crippen LogP contribution in [0.2, 0.25) is 0 Å². The maximum absolute atomic E-state index is 13.0. The lowest BCUT2D eigenvalue weighted by atomic mass is 10.0. The van der Waals surface area contributed by atoms with Crippen molar-refractivity contribution in [1.82, 2.24) is 14.8 Å². The summed E-state index contributed by atoms with van der Waals surface area (Å²) in [5, 5.41) is 4.89. The molecular formula is C24H23N3O5S. The van der Waals surface area contributed by atoms with Gasteiger partial charge >= 0.3 is 0 Å². The lowest BCUT2D eigenvalue weighted by molar-refractivity contribution is 0.414. The second-order valence-corrected chi connectivity index (χ2v) is 9.93. The minimum absolute atomic E-state index is 0.0105. The van der Waals surface area contributed by atoms with Gasteiger partial charge in [-0.3, -0.25) is 9.59 Å². The first-order valence-electron chi connectivity index (χ1n) is 10.3. The second kappa shape index (κ2) is 8.67. The highest BCUT2D eigenvalue weighted by molar-refractivity contribution is 7.91. The third-order valence-electron chi connectivity index (χ3n) is 5.49. The third-order valence-corrected chi connectivity index (χ3v) is 7.26. The standard InChI is InChI=1S/C24H23N3O5S/c1-15(2)16-10-18(23(28)25-12-16)14-27-24(29)22-9-8-21(11-17(22)13-26-27)33(30,31)20-6-4-19(32-3)5-7-20/h4-13,15H,14H2,1-3H3,(H,25,28). The predicted molar refractivity (Wildman–Crippen MR) is 125 cm³/mol. The molecule has 0 spiro atoms. The van der Waals surface area contributed by atoms with E-state index in [2.05, 4.69) is 10.1 Å². The van der Waals surface area contributed by atoms with E-state index in [1.54, 1.807) is 24.4 Å². The molecule has 33 heavy (non-hydrogen) atoms. The molecule has 0 radical (unpaired) electrons. The molecule has 0 aliphatic rings. The van der Waals surface area contributed by atoms with E-state index in [1.165, 1.54) is 48.3 Å². The van der Waals surface area contributed by atoms with E-state index in [-0.39, 0.29) is 27.8 Å². The van der Waals surface area contributed by atoms with E-state index in [1.807, 2.05) is 13.8 Å². The Morgan fingerprint density at radius 1 is 1.03 bits per heavy atom. The minimum atomic E-state index is -3.78. The Morgan fingerprint density at radius 2 is 1.73 bits per heavy atom. The fraction of sp³-hybridized carbons (Fsp3) is 0.208. The average Bonchev–Trinajstić information content (AvgIpc) is 2.81. The molecule has 170 valence electrons. The number of methoxy groups -OCH3 is 1. The number of nitrogens with zero attached hydrogens (tertiary/aromatic N) is 2. The van der Waals surface area contributed by atoms with Gasteiger partial charge in [0.05, 0.1) is 35.0 Å². The molecule has 4 aromatic rings. The first kappa shape index (κ1) is 22.5. The van der Waals surface area contributed by atoms with Crippen LogP contribution in [0, 0.1) is 0 Å². The Morgan fingerprint density at radius 3 is 2.39 bits per heavy atom. The van der Waals surface area contributed by atoms with Gasteiger partial charge in [-0.25, -0.2) is 13.1 Å². The number of rotatable bonds is 6. The molecule has 0 aliphatic heterocycles. The molecular weight excluding hydrogens is 442 g/mol. The molecule has 0 amide bonds. The summed E-state index contributed by atoms with van der Waals surface area (Å²) in [5.41, 5.74) is 0.685. The molecule has 0 bridgehead atoms. The van der Waals surface area contributed by atoms with Crippen LogP contribution in [0.4, 0.5) is 0 Å². The lowest BCUT2D eigenvalue weighted by Gasteiger charge is -2.10. The van der Waals surface area contributed by atoms with Crippen LogP contribution in [0.15, 0.2) is 80.3 Å². The molecule has 2 aromatic heterocycles. The molecule has 2 aromatic carbocycles. The number of pyridine rings is 1. The highest BCUT2D eigenvalue weighted by Gasteiger charge is 2.19. The second-order valence-electron chi connectivity index (χ2n) is 7.98. The number of fused-ring (bicyclic) bond motifs is 1. The molecule has 4 rings (SSSR count). The summed E-state index contributed by atoms with van der Waals surface area (Å²) in [6, 6.07) is 12.2. The first-order valence-corrected chi connectivity index (χ1v) is 11.8. The van der Waals surface area contributed by atoms with Crippen molar-refractivity contribution in [1.29, 1.82) is 0 Å². The Hall–Kier alpha value is -3.72. The van der Waals surface area contributed by atoms with Gasteiger partial charge in [0, 0.05) is 17.1 Å². The summed E-state index contributed by atoms with van der Waals surface area (Å²) in [5.74, 6) is 0.767. The monoisotopic (exact) mass is 465 g/mol. The zero-order chi connectivity index (χ0) is 23.8. The number of hydrogen-bond donors (Lipinski definition) is 1. The number of aromatic amines is 1. The number of hydrogen-bond acceptors (Lipinski definition) is 6. The van der Waals surface area contributed by atoms with Crippen molar-refractivity contribution in [3.63, 3.8) is 0 Å². The normalized spacial score (nSPS) is 11.8. The van der Waals surface area contributed by atoms with Crippen molar-refractivity contribution in [3.8, 4) is 5.75 Å². The highest BCUT2D eigenvalue weighted by atomic mass is 32.2. The number of aromatic nitrogens is 3. The van der Waals surface area contributed by atoms with E-state index >= 15 is 0 Å². The Labute approximate surface area is 190 Å². The predicted octanol–water partition coefficient (Wildman–Crippen LogP) is 3.10. The van der Waals surface area contributed by atoms with Gasteiger partial charge in [0.2, 0.25) is 9.84 Å². The number of H-pyrrole nitrogens is 1. The van der Waals surface area contributed by atoms with Crippen molar-refractivity contribution in [2.24, 2.45) is 0 Å². The number of sulfone groups is 1. The molecule has 8 nitrogen and oxygen atoms in total. The van der Waals surface area contributed by atoms with Gasteiger partial charge in [0.1, 0.15) is 5.75 Å². The van der Waals surface area contributed by atoms with Gasteiger partial charge in [-0.05, 0) is 60.0 Å². The van der Waals surface area contributed by atoms with Crippen LogP contribution in [0.25, 0.3) is 10.8 Å². The quantitative estimate of drug-likeness (QED) is 0.468. The fourth-order valence-electron chi connectivity index (χ4n) is 3.50. The summed E-state index contributed by atoms with van der Waals surface area (Å²) in [4.78, 5) is 28.1. The minimum Gasteiger partial charge on any atom is -0.497 e. The van der Waals surface area contributed by atoms with Crippen LogP contribution >= 0.6 is 0 Å². The van der Waals surface area contributed by atoms with Crippen molar-refractivity contribution in [2.75, 3.05) is 7.11 Å². The van der Waals surface area contributed by atoms with Crippen molar-refractivity contribution in [3.05, 3.63) is 92.8 Å². The van der Waals surface area contributed by atoms with Crippen LogP contribution in [-0.2, 0) is 16.4 Å². The van der Waals surface area contributed by atoms with Crippen LogP contribution in [0.3, 0.4) is 0 Å². The Kier molecular flexibility index (Phi) is 5.90. The molecule has 1 N–H and O–H groups in total. The smallest absolute Gasteiger partial charge is 0.274 e. The van der Waals surface area contributed by atoms with Crippen molar-refractivity contribution in [2.45, 2.75) is 36.1 Å². The lowest BCUT2D eigenvalue weighted by Crippen LogP contribution is -2.26. The zero-order valence-electron chi connectivity index (χ0n) is 18.4. The molecule has 0 unspecified atom stereocenters. The van der Waals surface area contributed by atoms with E-state index in [9.17, 15) is 18.0 Å². The van der Waals surface area contributed by atoms with Gasteiger partial charge in [-0.2, -0.15) is 5.10 Å². The van der Waals surface area contributed by atoms with Crippen LogP contribution in [-0.4, -0.2) is 30.3 Å². The molecule has 9 heteroatoms. The zero-order valence-corrected chi connectivity index (χ0v) is 19.2.